The zero-order valence-electron chi connectivity index (χ0n) is 14.2. The molecule has 0 fully saturated rings. The first-order chi connectivity index (χ1) is 11.4. The number of carbonyl (C=O) groups excluding carboxylic acids is 1. The zero-order chi connectivity index (χ0) is 17.2. The molecule has 2 N–H and O–H groups in total. The lowest BCUT2D eigenvalue weighted by Crippen LogP contribution is -2.34. The van der Waals surface area contributed by atoms with Crippen LogP contribution < -0.4 is 10.1 Å². The van der Waals surface area contributed by atoms with Crippen molar-refractivity contribution in [1.29, 1.82) is 0 Å². The Hall–Kier alpha value is -2.69. The second-order valence-electron chi connectivity index (χ2n) is 6.63. The van der Waals surface area contributed by atoms with Crippen LogP contribution in [0.1, 0.15) is 20.8 Å². The van der Waals surface area contributed by atoms with Crippen LogP contribution in [-0.4, -0.2) is 29.8 Å². The van der Waals surface area contributed by atoms with Crippen molar-refractivity contribution in [2.45, 2.75) is 26.4 Å². The van der Waals surface area contributed by atoms with Crippen molar-refractivity contribution in [3.8, 4) is 5.75 Å². The van der Waals surface area contributed by atoms with Crippen LogP contribution in [0.4, 0.5) is 4.79 Å². The number of fused-ring (bicyclic) bond motifs is 3. The van der Waals surface area contributed by atoms with Gasteiger partial charge in [-0.3, -0.25) is 0 Å². The Kier molecular flexibility index (Phi) is 4.34. The molecule has 1 aromatic heterocycles. The Morgan fingerprint density at radius 3 is 2.62 bits per heavy atom. The molecule has 5 nitrogen and oxygen atoms in total. The maximum absolute atomic E-state index is 11.6. The third-order valence-electron chi connectivity index (χ3n) is 3.53. The van der Waals surface area contributed by atoms with Gasteiger partial charge >= 0.3 is 6.09 Å². The van der Waals surface area contributed by atoms with Crippen molar-refractivity contribution in [2.75, 3.05) is 13.2 Å². The maximum atomic E-state index is 11.6. The van der Waals surface area contributed by atoms with E-state index in [-0.39, 0.29) is 0 Å². The van der Waals surface area contributed by atoms with Gasteiger partial charge in [0.05, 0.1) is 12.1 Å². The summed E-state index contributed by atoms with van der Waals surface area (Å²) >= 11 is 0. The molecule has 0 saturated carbocycles. The highest BCUT2D eigenvalue weighted by Crippen LogP contribution is 2.31. The van der Waals surface area contributed by atoms with Gasteiger partial charge in [0.25, 0.3) is 0 Å². The average molecular weight is 326 g/mol. The predicted octanol–water partition coefficient (Wildman–Crippen LogP) is 4.22. The minimum atomic E-state index is -0.499. The number of nitrogens with one attached hydrogen (secondary N) is 2. The second-order valence-corrected chi connectivity index (χ2v) is 6.63. The number of benzene rings is 2. The summed E-state index contributed by atoms with van der Waals surface area (Å²) in [4.78, 5) is 15.0. The molecule has 0 aliphatic heterocycles. The maximum Gasteiger partial charge on any atom is 0.407 e. The van der Waals surface area contributed by atoms with Crippen molar-refractivity contribution >= 4 is 27.9 Å². The molecule has 0 atom stereocenters. The van der Waals surface area contributed by atoms with E-state index in [9.17, 15) is 4.79 Å². The minimum Gasteiger partial charge on any atom is -0.490 e. The summed E-state index contributed by atoms with van der Waals surface area (Å²) in [5.74, 6) is 0.773. The molecule has 0 aliphatic rings. The average Bonchev–Trinajstić information content (AvgIpc) is 2.89. The van der Waals surface area contributed by atoms with Crippen LogP contribution in [0.25, 0.3) is 21.8 Å². The number of rotatable bonds is 4. The third-order valence-corrected chi connectivity index (χ3v) is 3.53. The monoisotopic (exact) mass is 326 g/mol. The quantitative estimate of drug-likeness (QED) is 0.705. The summed E-state index contributed by atoms with van der Waals surface area (Å²) in [5, 5.41) is 4.99. The van der Waals surface area contributed by atoms with Gasteiger partial charge in [0.2, 0.25) is 0 Å². The molecule has 0 bridgehead atoms. The number of aromatic nitrogens is 1. The molecule has 3 rings (SSSR count). The highest BCUT2D eigenvalue weighted by atomic mass is 16.6. The molecule has 5 heteroatoms. The number of alkyl carbamates (subject to hydrolysis) is 1. The fraction of sp³-hybridized carbons (Fsp3) is 0.316. The molecule has 0 spiro atoms. The van der Waals surface area contributed by atoms with Crippen LogP contribution in [0, 0.1) is 0 Å². The van der Waals surface area contributed by atoms with Crippen molar-refractivity contribution in [1.82, 2.24) is 10.3 Å². The lowest BCUT2D eigenvalue weighted by Gasteiger charge is -2.19. The molecule has 1 amide bonds. The first-order valence-corrected chi connectivity index (χ1v) is 8.03. The minimum absolute atomic E-state index is 0.369. The summed E-state index contributed by atoms with van der Waals surface area (Å²) in [5.41, 5.74) is 1.55. The van der Waals surface area contributed by atoms with Crippen molar-refractivity contribution < 1.29 is 14.3 Å². The molecule has 0 unspecified atom stereocenters. The van der Waals surface area contributed by atoms with E-state index in [1.165, 1.54) is 5.39 Å². The van der Waals surface area contributed by atoms with E-state index in [0.29, 0.717) is 13.2 Å². The highest BCUT2D eigenvalue weighted by molar-refractivity contribution is 6.09. The Morgan fingerprint density at radius 1 is 1.08 bits per heavy atom. The van der Waals surface area contributed by atoms with E-state index < -0.39 is 11.7 Å². The molecular weight excluding hydrogens is 304 g/mol. The summed E-state index contributed by atoms with van der Waals surface area (Å²) in [6, 6.07) is 14.1. The van der Waals surface area contributed by atoms with Gasteiger partial charge < -0.3 is 19.8 Å². The first-order valence-electron chi connectivity index (χ1n) is 8.03. The molecule has 126 valence electrons. The second kappa shape index (κ2) is 6.43. The Bertz CT molecular complexity index is 862. The zero-order valence-corrected chi connectivity index (χ0v) is 14.2. The molecule has 24 heavy (non-hydrogen) atoms. The molecule has 2 aromatic carbocycles. The van der Waals surface area contributed by atoms with E-state index in [4.69, 9.17) is 9.47 Å². The van der Waals surface area contributed by atoms with Gasteiger partial charge in [-0.25, -0.2) is 4.79 Å². The lowest BCUT2D eigenvalue weighted by molar-refractivity contribution is 0.0520. The number of hydrogen-bond donors (Lipinski definition) is 2. The van der Waals surface area contributed by atoms with Gasteiger partial charge in [-0.15, -0.1) is 0 Å². The van der Waals surface area contributed by atoms with Gasteiger partial charge in [0, 0.05) is 16.3 Å². The van der Waals surface area contributed by atoms with E-state index >= 15 is 0 Å². The van der Waals surface area contributed by atoms with E-state index in [2.05, 4.69) is 22.4 Å². The van der Waals surface area contributed by atoms with E-state index in [0.717, 1.165) is 22.2 Å². The molecule has 3 aromatic rings. The Labute approximate surface area is 140 Å². The summed E-state index contributed by atoms with van der Waals surface area (Å²) < 4.78 is 11.0. The van der Waals surface area contributed by atoms with Crippen molar-refractivity contribution in [2.24, 2.45) is 0 Å². The Balaban J connectivity index is 1.65. The topological polar surface area (TPSA) is 63.4 Å². The van der Waals surface area contributed by atoms with Crippen LogP contribution in [-0.2, 0) is 4.74 Å². The lowest BCUT2D eigenvalue weighted by atomic mass is 10.1. The Morgan fingerprint density at radius 2 is 1.83 bits per heavy atom. The number of para-hydroxylation sites is 2. The molecule has 0 saturated heterocycles. The summed E-state index contributed by atoms with van der Waals surface area (Å²) in [6.45, 7) is 6.25. The molecule has 0 aliphatic carbocycles. The van der Waals surface area contributed by atoms with Gasteiger partial charge in [-0.2, -0.15) is 0 Å². The third kappa shape index (κ3) is 3.62. The first kappa shape index (κ1) is 16.2. The number of aromatic amines is 1. The fourth-order valence-corrected chi connectivity index (χ4v) is 2.59. The largest absolute Gasteiger partial charge is 0.490 e. The van der Waals surface area contributed by atoms with Crippen molar-refractivity contribution in [3.05, 3.63) is 42.5 Å². The van der Waals surface area contributed by atoms with E-state index in [1.807, 2.05) is 51.1 Å². The van der Waals surface area contributed by atoms with Crippen LogP contribution in [0.15, 0.2) is 42.5 Å². The summed E-state index contributed by atoms with van der Waals surface area (Å²) in [6.07, 6.45) is -0.435. The predicted molar refractivity (Wildman–Crippen MR) is 95.5 cm³/mol. The fourth-order valence-electron chi connectivity index (χ4n) is 2.59. The number of hydrogen-bond acceptors (Lipinski definition) is 3. The number of ether oxygens (including phenoxy) is 2. The normalized spacial score (nSPS) is 11.6. The van der Waals surface area contributed by atoms with Gasteiger partial charge in [0.15, 0.2) is 0 Å². The molecule has 0 radical (unpaired) electrons. The van der Waals surface area contributed by atoms with Crippen LogP contribution >= 0.6 is 0 Å². The van der Waals surface area contributed by atoms with Crippen molar-refractivity contribution in [3.63, 3.8) is 0 Å². The van der Waals surface area contributed by atoms with Crippen LogP contribution in [0.2, 0.25) is 0 Å². The standard InChI is InChI=1S/C19H22N2O3/c1-19(2,3)24-18(22)20-11-12-23-16-10-6-8-14-13-7-4-5-9-15(13)21-17(14)16/h4-10,21H,11-12H2,1-3H3,(H,20,22). The SMILES string of the molecule is CC(C)(C)OC(=O)NCCOc1cccc2c1[nH]c1ccccc12. The number of carbonyl (C=O) groups is 1. The van der Waals surface area contributed by atoms with Crippen LogP contribution in [0.5, 0.6) is 5.75 Å². The van der Waals surface area contributed by atoms with E-state index in [1.54, 1.807) is 0 Å². The van der Waals surface area contributed by atoms with Crippen LogP contribution in [0.3, 0.4) is 0 Å². The van der Waals surface area contributed by atoms with Gasteiger partial charge in [-0.05, 0) is 32.9 Å². The van der Waals surface area contributed by atoms with Gasteiger partial charge in [-0.1, -0.05) is 30.3 Å². The highest BCUT2D eigenvalue weighted by Gasteiger charge is 2.15. The molecule has 1 heterocycles. The van der Waals surface area contributed by atoms with Gasteiger partial charge in [0.1, 0.15) is 18.0 Å². The number of H-pyrrole nitrogens is 1. The number of amides is 1. The summed E-state index contributed by atoms with van der Waals surface area (Å²) in [7, 11) is 0. The smallest absolute Gasteiger partial charge is 0.407 e. The molecular formula is C19H22N2O3.